The van der Waals surface area contributed by atoms with Crippen LogP contribution < -0.4 is 0 Å². The molecule has 1 heterocycles. The van der Waals surface area contributed by atoms with Crippen molar-refractivity contribution in [1.29, 1.82) is 0 Å². The average Bonchev–Trinajstić information content (AvgIpc) is 3.01. The number of amides is 2. The van der Waals surface area contributed by atoms with Gasteiger partial charge in [0.15, 0.2) is 0 Å². The summed E-state index contributed by atoms with van der Waals surface area (Å²) in [6.45, 7) is 0.156. The number of piperazine rings is 1. The predicted octanol–water partition coefficient (Wildman–Crippen LogP) is 7.12. The predicted molar refractivity (Wildman–Crippen MR) is 158 cm³/mol. The highest BCUT2D eigenvalue weighted by atomic mass is 19.4. The molecule has 4 aromatic carbocycles. The molecule has 0 aromatic heterocycles. The van der Waals surface area contributed by atoms with Crippen LogP contribution in [-0.2, 0) is 28.7 Å². The Labute approximate surface area is 243 Å². The highest BCUT2D eigenvalue weighted by Gasteiger charge is 2.36. The molecular weight excluding hydrogens is 537 g/mol. The van der Waals surface area contributed by atoms with Crippen LogP contribution in [0.15, 0.2) is 115 Å². The van der Waals surface area contributed by atoms with Gasteiger partial charge in [0.05, 0.1) is 11.6 Å². The van der Waals surface area contributed by atoms with Crippen LogP contribution >= 0.6 is 0 Å². The van der Waals surface area contributed by atoms with Crippen molar-refractivity contribution < 1.29 is 22.8 Å². The number of rotatable bonds is 8. The summed E-state index contributed by atoms with van der Waals surface area (Å²) >= 11 is 0. The fourth-order valence-corrected chi connectivity index (χ4v) is 5.29. The van der Waals surface area contributed by atoms with Gasteiger partial charge < -0.3 is 9.80 Å². The Morgan fingerprint density at radius 1 is 0.810 bits per heavy atom. The number of nitrogens with zero attached hydrogens (tertiary/aromatic N) is 2. The number of carbonyl (C=O) groups excluding carboxylic acids is 2. The highest BCUT2D eigenvalue weighted by molar-refractivity contribution is 6.24. The third-order valence-electron chi connectivity index (χ3n) is 7.45. The molecule has 214 valence electrons. The Hall–Kier alpha value is -4.65. The van der Waals surface area contributed by atoms with Gasteiger partial charge in [0.1, 0.15) is 6.54 Å². The Balaban J connectivity index is 1.44. The number of benzene rings is 4. The Kier molecular flexibility index (Phi) is 8.86. The third-order valence-corrected chi connectivity index (χ3v) is 7.45. The molecule has 0 saturated carbocycles. The van der Waals surface area contributed by atoms with Crippen LogP contribution in [0.2, 0.25) is 0 Å². The van der Waals surface area contributed by atoms with E-state index in [1.807, 2.05) is 97.1 Å². The Bertz CT molecular complexity index is 1540. The topological polar surface area (TPSA) is 40.6 Å². The van der Waals surface area contributed by atoms with Gasteiger partial charge in [-0.05, 0) is 53.3 Å². The second-order valence-corrected chi connectivity index (χ2v) is 10.4. The molecule has 0 spiro atoms. The molecule has 0 aliphatic carbocycles. The van der Waals surface area contributed by atoms with Crippen LogP contribution in [0.5, 0.6) is 0 Å². The van der Waals surface area contributed by atoms with E-state index < -0.39 is 11.7 Å². The zero-order chi connectivity index (χ0) is 29.5. The number of hydrogen-bond donors (Lipinski definition) is 0. The first-order chi connectivity index (χ1) is 20.3. The van der Waals surface area contributed by atoms with Crippen LogP contribution in [0, 0.1) is 0 Å². The van der Waals surface area contributed by atoms with Crippen molar-refractivity contribution in [2.45, 2.75) is 31.6 Å². The van der Waals surface area contributed by atoms with Gasteiger partial charge in [0, 0.05) is 18.7 Å². The lowest BCUT2D eigenvalue weighted by molar-refractivity contribution is -0.147. The minimum absolute atomic E-state index is 0.0373. The smallest absolute Gasteiger partial charge is 0.332 e. The summed E-state index contributed by atoms with van der Waals surface area (Å²) in [7, 11) is 0. The van der Waals surface area contributed by atoms with E-state index in [0.717, 1.165) is 28.8 Å². The summed E-state index contributed by atoms with van der Waals surface area (Å²) < 4.78 is 40.2. The highest BCUT2D eigenvalue weighted by Crippen LogP contribution is 2.31. The van der Waals surface area contributed by atoms with Crippen molar-refractivity contribution in [2.24, 2.45) is 0 Å². The van der Waals surface area contributed by atoms with Gasteiger partial charge in [-0.25, -0.2) is 0 Å². The van der Waals surface area contributed by atoms with E-state index >= 15 is 0 Å². The van der Waals surface area contributed by atoms with Crippen LogP contribution in [0.3, 0.4) is 0 Å². The van der Waals surface area contributed by atoms with Gasteiger partial charge in [-0.15, -0.1) is 0 Å². The standard InChI is InChI=1S/C35H31F3N2O2/c36-35(37,38)30-18-10-15-28(21-30)23-40-31(20-19-26-11-4-1-5-12-26)24-39(25-33(40)41)34(42)32(29-16-8-3-9-17-29)22-27-13-6-2-7-14-27/h1-18,21-22,31H,19-20,23-25H2/b32-22+/t31-/m0/s1. The molecule has 1 saturated heterocycles. The normalized spacial score (nSPS) is 16.0. The molecule has 5 rings (SSSR count). The zero-order valence-electron chi connectivity index (χ0n) is 23.0. The molecule has 42 heavy (non-hydrogen) atoms. The molecule has 2 amide bonds. The molecule has 1 aliphatic heterocycles. The first-order valence-corrected chi connectivity index (χ1v) is 13.9. The molecule has 7 heteroatoms. The van der Waals surface area contributed by atoms with Crippen molar-refractivity contribution in [3.05, 3.63) is 143 Å². The number of hydrogen-bond acceptors (Lipinski definition) is 2. The molecule has 0 bridgehead atoms. The SMILES string of the molecule is O=C(/C(=C/c1ccccc1)c1ccccc1)N1CC(=O)N(Cc2cccc(C(F)(F)F)c2)[C@@H](CCc2ccccc2)C1. The summed E-state index contributed by atoms with van der Waals surface area (Å²) in [5, 5.41) is 0. The third kappa shape index (κ3) is 7.16. The minimum atomic E-state index is -4.48. The lowest BCUT2D eigenvalue weighted by atomic mass is 9.98. The molecule has 0 unspecified atom stereocenters. The number of aryl methyl sites for hydroxylation is 1. The van der Waals surface area contributed by atoms with E-state index in [2.05, 4.69) is 0 Å². The fraction of sp³-hybridized carbons (Fsp3) is 0.200. The van der Waals surface area contributed by atoms with Crippen LogP contribution in [0.25, 0.3) is 11.6 Å². The van der Waals surface area contributed by atoms with E-state index in [1.54, 1.807) is 15.9 Å². The average molecular weight is 569 g/mol. The molecule has 0 radical (unpaired) electrons. The van der Waals surface area contributed by atoms with E-state index in [4.69, 9.17) is 0 Å². The van der Waals surface area contributed by atoms with Gasteiger partial charge >= 0.3 is 6.18 Å². The molecule has 1 atom stereocenters. The van der Waals surface area contributed by atoms with Crippen molar-refractivity contribution >= 4 is 23.5 Å². The summed E-state index contributed by atoms with van der Waals surface area (Å²) in [5.74, 6) is -0.556. The second-order valence-electron chi connectivity index (χ2n) is 10.4. The van der Waals surface area contributed by atoms with E-state index in [-0.39, 0.29) is 37.5 Å². The van der Waals surface area contributed by atoms with Crippen LogP contribution in [-0.4, -0.2) is 40.7 Å². The van der Waals surface area contributed by atoms with Gasteiger partial charge in [0.2, 0.25) is 5.91 Å². The van der Waals surface area contributed by atoms with Gasteiger partial charge in [-0.2, -0.15) is 13.2 Å². The monoisotopic (exact) mass is 568 g/mol. The zero-order valence-corrected chi connectivity index (χ0v) is 23.0. The van der Waals surface area contributed by atoms with Crippen molar-refractivity contribution in [2.75, 3.05) is 13.1 Å². The largest absolute Gasteiger partial charge is 0.416 e. The summed E-state index contributed by atoms with van der Waals surface area (Å²) in [4.78, 5) is 30.9. The molecule has 1 fully saturated rings. The van der Waals surface area contributed by atoms with Gasteiger partial charge in [0.25, 0.3) is 5.91 Å². The number of carbonyl (C=O) groups is 2. The maximum atomic E-state index is 14.1. The first kappa shape index (κ1) is 28.9. The first-order valence-electron chi connectivity index (χ1n) is 13.9. The van der Waals surface area contributed by atoms with Crippen molar-refractivity contribution in [3.63, 3.8) is 0 Å². The Morgan fingerprint density at radius 2 is 1.43 bits per heavy atom. The van der Waals surface area contributed by atoms with E-state index in [9.17, 15) is 22.8 Å². The Morgan fingerprint density at radius 3 is 2.10 bits per heavy atom. The van der Waals surface area contributed by atoms with E-state index in [0.29, 0.717) is 24.0 Å². The molecule has 4 aromatic rings. The fourth-order valence-electron chi connectivity index (χ4n) is 5.29. The van der Waals surface area contributed by atoms with Gasteiger partial charge in [-0.3, -0.25) is 9.59 Å². The number of halogens is 3. The maximum absolute atomic E-state index is 14.1. The lowest BCUT2D eigenvalue weighted by Gasteiger charge is -2.41. The maximum Gasteiger partial charge on any atom is 0.416 e. The summed E-state index contributed by atoms with van der Waals surface area (Å²) in [6, 6.07) is 33.4. The molecule has 4 nitrogen and oxygen atoms in total. The molecule has 0 N–H and O–H groups in total. The van der Waals surface area contributed by atoms with Crippen LogP contribution in [0.1, 0.15) is 34.2 Å². The van der Waals surface area contributed by atoms with Crippen LogP contribution in [0.4, 0.5) is 13.2 Å². The van der Waals surface area contributed by atoms with Crippen molar-refractivity contribution in [1.82, 2.24) is 9.80 Å². The second kappa shape index (κ2) is 12.9. The molecule has 1 aliphatic rings. The van der Waals surface area contributed by atoms with E-state index in [1.165, 1.54) is 6.07 Å². The lowest BCUT2D eigenvalue weighted by Crippen LogP contribution is -2.57. The number of alkyl halides is 3. The summed E-state index contributed by atoms with van der Waals surface area (Å²) in [5.41, 5.74) is 2.81. The van der Waals surface area contributed by atoms with Gasteiger partial charge in [-0.1, -0.05) is 103 Å². The van der Waals surface area contributed by atoms with Crippen molar-refractivity contribution in [3.8, 4) is 0 Å². The molecular formula is C35H31F3N2O2. The minimum Gasteiger partial charge on any atom is -0.332 e. The summed E-state index contributed by atoms with van der Waals surface area (Å²) in [6.07, 6.45) is -1.43. The quantitative estimate of drug-likeness (QED) is 0.168.